The highest BCUT2D eigenvalue weighted by atomic mass is 32.3. The lowest BCUT2D eigenvalue weighted by Gasteiger charge is -2.23. The Hall–Kier alpha value is -6.66. The summed E-state index contributed by atoms with van der Waals surface area (Å²) < 4.78 is 60.1. The number of aromatic hydroxyl groups is 2. The Labute approximate surface area is 463 Å². The summed E-state index contributed by atoms with van der Waals surface area (Å²) in [4.78, 5) is -0.650. The molecule has 0 saturated heterocycles. The summed E-state index contributed by atoms with van der Waals surface area (Å²) in [5, 5.41) is 41.6. The summed E-state index contributed by atoms with van der Waals surface area (Å²) in [5.41, 5.74) is 13.3. The largest absolute Gasteiger partial charge is 0.507 e. The van der Waals surface area contributed by atoms with Gasteiger partial charge in [0.25, 0.3) is 10.1 Å². The molecule has 0 aliphatic carbocycles. The number of azo groups is 2. The topological polar surface area (TPSA) is 257 Å². The average Bonchev–Trinajstić information content (AvgIpc) is 3.40. The third-order valence-corrected chi connectivity index (χ3v) is 11.2. The van der Waals surface area contributed by atoms with Gasteiger partial charge in [-0.15, -0.1) is 0 Å². The van der Waals surface area contributed by atoms with E-state index in [1.165, 1.54) is 80.4 Å². The van der Waals surface area contributed by atoms with Gasteiger partial charge in [-0.25, -0.2) is 0 Å². The number of aryl methyl sites for hydroxylation is 1. The minimum absolute atomic E-state index is 0. The molecular weight excluding hydrogens is 1010 g/mol. The van der Waals surface area contributed by atoms with Crippen LogP contribution >= 0.6 is 10.9 Å². The van der Waals surface area contributed by atoms with Gasteiger partial charge in [0.05, 0.1) is 10.6 Å². The van der Waals surface area contributed by atoms with Gasteiger partial charge in [0, 0.05) is 36.1 Å². The molecule has 8 aromatic carbocycles. The molecular formula is C61H92N6O8S2. The van der Waals surface area contributed by atoms with Crippen molar-refractivity contribution in [3.05, 3.63) is 145 Å². The molecule has 8 rings (SSSR count). The van der Waals surface area contributed by atoms with Gasteiger partial charge in [-0.3, -0.25) is 4.55 Å². The van der Waals surface area contributed by atoms with E-state index in [0.717, 1.165) is 5.56 Å². The third-order valence-electron chi connectivity index (χ3n) is 9.28. The molecule has 0 aliphatic heterocycles. The van der Waals surface area contributed by atoms with Gasteiger partial charge in [-0.1, -0.05) is 231 Å². The summed E-state index contributed by atoms with van der Waals surface area (Å²) in [6.07, 6.45) is 5.00. The molecule has 0 aromatic heterocycles. The minimum Gasteiger partial charge on any atom is -0.507 e. The number of phenols is 2. The number of benzene rings is 8. The fourth-order valence-electron chi connectivity index (χ4n) is 6.27. The van der Waals surface area contributed by atoms with Crippen LogP contribution in [0.3, 0.4) is 0 Å². The van der Waals surface area contributed by atoms with E-state index in [4.69, 9.17) is 11.5 Å². The second-order valence-electron chi connectivity index (χ2n) is 16.0. The Balaban J connectivity index is -0.000000888. The van der Waals surface area contributed by atoms with Crippen LogP contribution in [0.2, 0.25) is 0 Å². The van der Waals surface area contributed by atoms with Crippen LogP contribution in [0.5, 0.6) is 11.5 Å². The first-order valence-electron chi connectivity index (χ1n) is 25.7. The maximum Gasteiger partial charge on any atom is 0.296 e. The predicted molar refractivity (Wildman–Crippen MR) is 335 cm³/mol. The monoisotopic (exact) mass is 1100 g/mol. The molecule has 0 aliphatic rings. The molecule has 0 radical (unpaired) electrons. The van der Waals surface area contributed by atoms with Crippen molar-refractivity contribution in [1.29, 1.82) is 0 Å². The summed E-state index contributed by atoms with van der Waals surface area (Å²) in [5.74, 6) is -0.654. The zero-order valence-corrected chi connectivity index (χ0v) is 49.4. The van der Waals surface area contributed by atoms with Gasteiger partial charge in [0.15, 0.2) is 5.75 Å². The summed E-state index contributed by atoms with van der Waals surface area (Å²) >= 11 is 0. The van der Waals surface area contributed by atoms with E-state index < -0.39 is 31.6 Å². The van der Waals surface area contributed by atoms with E-state index >= 15 is 0 Å². The lowest BCUT2D eigenvalue weighted by Crippen LogP contribution is -2.00. The molecule has 0 fully saturated rings. The van der Waals surface area contributed by atoms with E-state index in [2.05, 4.69) is 173 Å². The summed E-state index contributed by atoms with van der Waals surface area (Å²) in [7, 11) is -5.66. The van der Waals surface area contributed by atoms with Crippen molar-refractivity contribution < 1.29 is 36.8 Å². The molecule has 426 valence electrons. The normalized spacial score (nSPS) is 10.3. The van der Waals surface area contributed by atoms with Gasteiger partial charge in [0.2, 0.25) is 0 Å². The molecule has 0 amide bonds. The quantitative estimate of drug-likeness (QED) is 0.0470. The Morgan fingerprint density at radius 2 is 0.766 bits per heavy atom. The smallest absolute Gasteiger partial charge is 0.296 e. The van der Waals surface area contributed by atoms with Crippen molar-refractivity contribution in [2.75, 3.05) is 25.6 Å². The number of rotatable bonds is 4. The number of nitrogen functional groups attached to an aromatic ring is 2. The van der Waals surface area contributed by atoms with Crippen LogP contribution in [0.25, 0.3) is 43.1 Å². The molecule has 0 spiro atoms. The van der Waals surface area contributed by atoms with Crippen molar-refractivity contribution >= 4 is 86.8 Å². The maximum absolute atomic E-state index is 11.4. The molecule has 0 bridgehead atoms. The average molecular weight is 1100 g/mol. The fraction of sp³-hybridized carbons (Fsp3) is 0.344. The van der Waals surface area contributed by atoms with Gasteiger partial charge in [-0.05, 0) is 69.9 Å². The number of nitrogens with zero attached hydrogens (tertiary/aromatic N) is 4. The van der Waals surface area contributed by atoms with Crippen molar-refractivity contribution in [2.24, 2.45) is 20.5 Å². The van der Waals surface area contributed by atoms with Crippen LogP contribution in [-0.2, 0) is 10.1 Å². The van der Waals surface area contributed by atoms with Gasteiger partial charge >= 0.3 is 0 Å². The Morgan fingerprint density at radius 3 is 1.08 bits per heavy atom. The first-order valence-corrected chi connectivity index (χ1v) is 28.6. The van der Waals surface area contributed by atoms with Gasteiger partial charge in [0.1, 0.15) is 32.9 Å². The standard InChI is InChI=1S/C12H15N3O4S.C12H13N3O4S.2C10H8.4C3H8.2C2H6.CH4/c1-6-9(20(17,18)19)5-7-3-4-8(15-14-2)11(13)10(7)12(6)16;1-6-3-4-7-5-8(20(17,18)19)11(15-14-2)12(16)9(7)10(6)13;2*1-2-6-10-8-4-3-7-9(10)5-1;4*1-3-2;2*1-2;/h3-5,16-19H,13H2,1-2H3;3-5,16H,13H2,1-2H3,(H,17,18,19);2*1-8H;4*3H2,1-2H3;2*1-2H3;1H4. The van der Waals surface area contributed by atoms with Crippen molar-refractivity contribution in [3.63, 3.8) is 0 Å². The number of hydrogen-bond acceptors (Lipinski definition) is 13. The fourth-order valence-corrected chi connectivity index (χ4v) is 7.72. The summed E-state index contributed by atoms with van der Waals surface area (Å²) in [6, 6.07) is 42.5. The van der Waals surface area contributed by atoms with E-state index in [1.807, 2.05) is 27.7 Å². The molecule has 8 aromatic rings. The second-order valence-corrected chi connectivity index (χ2v) is 18.9. The number of phenolic OH excluding ortho intramolecular Hbond substituents is 2. The lowest BCUT2D eigenvalue weighted by atomic mass is 10.0. The van der Waals surface area contributed by atoms with Crippen LogP contribution < -0.4 is 11.5 Å². The Kier molecular flexibility index (Phi) is 39.3. The Bertz CT molecular complexity index is 2880. The van der Waals surface area contributed by atoms with E-state index in [-0.39, 0.29) is 40.4 Å². The van der Waals surface area contributed by atoms with Crippen LogP contribution in [0, 0.1) is 13.8 Å². The first kappa shape index (κ1) is 74.6. The highest BCUT2D eigenvalue weighted by molar-refractivity contribution is 8.19. The summed E-state index contributed by atoms with van der Waals surface area (Å²) in [6.45, 7) is 28.2. The van der Waals surface area contributed by atoms with E-state index in [9.17, 15) is 36.8 Å². The lowest BCUT2D eigenvalue weighted by molar-refractivity contribution is 0.374. The minimum atomic E-state index is -4.55. The first-order chi connectivity index (χ1) is 36.1. The highest BCUT2D eigenvalue weighted by Gasteiger charge is 2.24. The molecule has 0 unspecified atom stereocenters. The maximum atomic E-state index is 11.4. The molecule has 10 N–H and O–H groups in total. The second kappa shape index (κ2) is 40.6. The molecule has 0 saturated carbocycles. The zero-order valence-electron chi connectivity index (χ0n) is 47.8. The Morgan fingerprint density at radius 1 is 0.455 bits per heavy atom. The van der Waals surface area contributed by atoms with Crippen molar-refractivity contribution in [2.45, 2.75) is 140 Å². The number of fused-ring (bicyclic) bond motifs is 4. The molecule has 16 heteroatoms. The van der Waals surface area contributed by atoms with Gasteiger partial charge < -0.3 is 35.3 Å². The molecule has 0 atom stereocenters. The van der Waals surface area contributed by atoms with Crippen LogP contribution in [0.1, 0.15) is 127 Å². The predicted octanol–water partition coefficient (Wildman–Crippen LogP) is 20.2. The van der Waals surface area contributed by atoms with Crippen LogP contribution in [0.4, 0.5) is 22.7 Å². The van der Waals surface area contributed by atoms with Crippen LogP contribution in [-0.4, -0.2) is 50.9 Å². The number of nitrogens with two attached hydrogens (primary N) is 2. The van der Waals surface area contributed by atoms with E-state index in [0.29, 0.717) is 27.5 Å². The molecule has 14 nitrogen and oxygen atoms in total. The van der Waals surface area contributed by atoms with Crippen molar-refractivity contribution in [1.82, 2.24) is 0 Å². The van der Waals surface area contributed by atoms with Crippen molar-refractivity contribution in [3.8, 4) is 11.5 Å². The van der Waals surface area contributed by atoms with Crippen LogP contribution in [0.15, 0.2) is 164 Å². The molecule has 77 heavy (non-hydrogen) atoms. The van der Waals surface area contributed by atoms with E-state index in [1.54, 1.807) is 31.2 Å². The number of hydrogen-bond donors (Lipinski definition) is 8. The molecule has 0 heterocycles. The third kappa shape index (κ3) is 24.5. The highest BCUT2D eigenvalue weighted by Crippen LogP contribution is 2.51. The zero-order chi connectivity index (χ0) is 58.6. The SMILES string of the molecule is C.CC.CC.CCC.CCC.CCC.CCC.CN=Nc1c(S(=O)(=O)O)cc2ccc(C)c(N)c2c1O.CN=Nc1ccc2cc(S(O)(O)O)c(C)c(O)c2c1N.c1ccc2ccccc2c1.c1ccc2ccccc2c1. The van der Waals surface area contributed by atoms with Gasteiger partial charge in [-0.2, -0.15) is 28.9 Å². The number of anilines is 2.